The Labute approximate surface area is 127 Å². The molecule has 2 N–H and O–H groups in total. The molecular weight excluding hydrogens is 284 g/mol. The van der Waals surface area contributed by atoms with Gasteiger partial charge in [0, 0.05) is 26.8 Å². The van der Waals surface area contributed by atoms with E-state index in [1.165, 1.54) is 0 Å². The number of thioether (sulfide) groups is 1. The van der Waals surface area contributed by atoms with Crippen molar-refractivity contribution in [2.75, 3.05) is 38.8 Å². The predicted molar refractivity (Wildman–Crippen MR) is 84.0 cm³/mol. The molecular formula is C13H27ClN2O2S. The monoisotopic (exact) mass is 310 g/mol. The van der Waals surface area contributed by atoms with Crippen LogP contribution in [0.4, 0.5) is 0 Å². The fraction of sp³-hybridized carbons (Fsp3) is 0.923. The normalized spacial score (nSPS) is 17.6. The molecule has 0 bridgehead atoms. The summed E-state index contributed by atoms with van der Waals surface area (Å²) in [6.07, 6.45) is 6.12. The van der Waals surface area contributed by atoms with Crippen molar-refractivity contribution in [1.82, 2.24) is 4.90 Å². The Kier molecular flexibility index (Phi) is 10.8. The molecule has 4 nitrogen and oxygen atoms in total. The summed E-state index contributed by atoms with van der Waals surface area (Å²) in [6.45, 7) is 2.56. The number of amides is 1. The second-order valence-electron chi connectivity index (χ2n) is 4.99. The van der Waals surface area contributed by atoms with E-state index < -0.39 is 0 Å². The molecule has 1 atom stereocenters. The number of rotatable bonds is 7. The molecule has 114 valence electrons. The van der Waals surface area contributed by atoms with Gasteiger partial charge in [-0.15, -0.1) is 12.4 Å². The third-order valence-corrected chi connectivity index (χ3v) is 4.18. The second kappa shape index (κ2) is 10.8. The summed E-state index contributed by atoms with van der Waals surface area (Å²) in [5, 5.41) is 0. The van der Waals surface area contributed by atoms with Gasteiger partial charge in [-0.25, -0.2) is 0 Å². The van der Waals surface area contributed by atoms with Gasteiger partial charge in [-0.1, -0.05) is 0 Å². The third-order valence-electron chi connectivity index (χ3n) is 3.54. The van der Waals surface area contributed by atoms with E-state index in [-0.39, 0.29) is 24.4 Å². The highest BCUT2D eigenvalue weighted by molar-refractivity contribution is 7.98. The lowest BCUT2D eigenvalue weighted by Crippen LogP contribution is -2.42. The number of nitrogens with zero attached hydrogens (tertiary/aromatic N) is 1. The molecule has 1 saturated heterocycles. The lowest BCUT2D eigenvalue weighted by Gasteiger charge is -2.26. The summed E-state index contributed by atoms with van der Waals surface area (Å²) in [4.78, 5) is 13.8. The van der Waals surface area contributed by atoms with E-state index in [1.807, 2.05) is 13.3 Å². The molecule has 1 aliphatic rings. The van der Waals surface area contributed by atoms with Crippen molar-refractivity contribution in [2.45, 2.75) is 31.7 Å². The highest BCUT2D eigenvalue weighted by Gasteiger charge is 2.19. The molecule has 0 radical (unpaired) electrons. The maximum absolute atomic E-state index is 12.0. The fourth-order valence-electron chi connectivity index (χ4n) is 2.17. The average molecular weight is 311 g/mol. The minimum Gasteiger partial charge on any atom is -0.381 e. The second-order valence-corrected chi connectivity index (χ2v) is 5.98. The lowest BCUT2D eigenvalue weighted by atomic mass is 9.96. The fourth-order valence-corrected chi connectivity index (χ4v) is 2.66. The van der Waals surface area contributed by atoms with Crippen LogP contribution in [0.15, 0.2) is 0 Å². The van der Waals surface area contributed by atoms with Gasteiger partial charge in [-0.05, 0) is 43.6 Å². The van der Waals surface area contributed by atoms with Crippen molar-refractivity contribution in [3.8, 4) is 0 Å². The number of nitrogens with two attached hydrogens (primary N) is 1. The molecule has 0 aromatic heterocycles. The van der Waals surface area contributed by atoms with E-state index in [0.717, 1.165) is 51.2 Å². The van der Waals surface area contributed by atoms with E-state index >= 15 is 0 Å². The molecule has 1 fully saturated rings. The highest BCUT2D eigenvalue weighted by Crippen LogP contribution is 2.18. The molecule has 0 aliphatic carbocycles. The predicted octanol–water partition coefficient (Wildman–Crippen LogP) is 1.76. The maximum Gasteiger partial charge on any atom is 0.239 e. The van der Waals surface area contributed by atoms with Crippen LogP contribution < -0.4 is 5.73 Å². The van der Waals surface area contributed by atoms with Crippen molar-refractivity contribution in [3.05, 3.63) is 0 Å². The molecule has 0 unspecified atom stereocenters. The summed E-state index contributed by atoms with van der Waals surface area (Å²) >= 11 is 1.73. The van der Waals surface area contributed by atoms with Crippen molar-refractivity contribution in [1.29, 1.82) is 0 Å². The molecule has 6 heteroatoms. The maximum atomic E-state index is 12.0. The van der Waals surface area contributed by atoms with Gasteiger partial charge in [0.05, 0.1) is 6.04 Å². The Morgan fingerprint density at radius 3 is 2.68 bits per heavy atom. The molecule has 0 aromatic carbocycles. The summed E-state index contributed by atoms with van der Waals surface area (Å²) in [6, 6.07) is -0.336. The summed E-state index contributed by atoms with van der Waals surface area (Å²) in [5.74, 6) is 1.73. The Morgan fingerprint density at radius 2 is 2.11 bits per heavy atom. The number of hydrogen-bond donors (Lipinski definition) is 1. The molecule has 19 heavy (non-hydrogen) atoms. The SMILES string of the molecule is CSCC[C@H](N)C(=O)N(C)CCC1CCOCC1.Cl. The molecule has 0 spiro atoms. The van der Waals surface area contributed by atoms with Gasteiger partial charge in [-0.3, -0.25) is 4.79 Å². The van der Waals surface area contributed by atoms with Crippen LogP contribution in [-0.2, 0) is 9.53 Å². The topological polar surface area (TPSA) is 55.6 Å². The van der Waals surface area contributed by atoms with Crippen LogP contribution in [0.2, 0.25) is 0 Å². The summed E-state index contributed by atoms with van der Waals surface area (Å²) < 4.78 is 5.33. The zero-order chi connectivity index (χ0) is 13.4. The van der Waals surface area contributed by atoms with Crippen molar-refractivity contribution >= 4 is 30.1 Å². The number of ether oxygens (including phenoxy) is 1. The number of carbonyl (C=O) groups is 1. The Bertz CT molecular complexity index is 251. The van der Waals surface area contributed by atoms with Gasteiger partial charge in [0.1, 0.15) is 0 Å². The van der Waals surface area contributed by atoms with Gasteiger partial charge in [-0.2, -0.15) is 11.8 Å². The first-order chi connectivity index (χ1) is 8.65. The third kappa shape index (κ3) is 7.40. The number of halogens is 1. The Balaban J connectivity index is 0.00000324. The van der Waals surface area contributed by atoms with Crippen molar-refractivity contribution in [2.24, 2.45) is 11.7 Å². The van der Waals surface area contributed by atoms with Crippen LogP contribution in [0, 0.1) is 5.92 Å². The van der Waals surface area contributed by atoms with Gasteiger partial charge < -0.3 is 15.4 Å². The molecule has 1 aliphatic heterocycles. The largest absolute Gasteiger partial charge is 0.381 e. The molecule has 1 heterocycles. The van der Waals surface area contributed by atoms with Gasteiger partial charge in [0.2, 0.25) is 5.91 Å². The first kappa shape index (κ1) is 19.0. The van der Waals surface area contributed by atoms with E-state index in [2.05, 4.69) is 0 Å². The zero-order valence-corrected chi connectivity index (χ0v) is 13.6. The summed E-state index contributed by atoms with van der Waals surface area (Å²) in [7, 11) is 1.86. The minimum atomic E-state index is -0.336. The number of likely N-dealkylation sites (N-methyl/N-ethyl adjacent to an activating group) is 1. The quantitative estimate of drug-likeness (QED) is 0.778. The van der Waals surface area contributed by atoms with Crippen LogP contribution in [-0.4, -0.2) is 55.7 Å². The van der Waals surface area contributed by atoms with Crippen molar-refractivity contribution < 1.29 is 9.53 Å². The van der Waals surface area contributed by atoms with Gasteiger partial charge in [0.15, 0.2) is 0 Å². The van der Waals surface area contributed by atoms with Gasteiger partial charge in [0.25, 0.3) is 0 Å². The lowest BCUT2D eigenvalue weighted by molar-refractivity contribution is -0.131. The molecule has 0 aromatic rings. The molecule has 0 saturated carbocycles. The smallest absolute Gasteiger partial charge is 0.239 e. The minimum absolute atomic E-state index is 0. The zero-order valence-electron chi connectivity index (χ0n) is 12.0. The van der Waals surface area contributed by atoms with E-state index in [0.29, 0.717) is 5.92 Å². The number of hydrogen-bond acceptors (Lipinski definition) is 4. The van der Waals surface area contributed by atoms with E-state index in [1.54, 1.807) is 16.7 Å². The van der Waals surface area contributed by atoms with Crippen LogP contribution >= 0.6 is 24.2 Å². The van der Waals surface area contributed by atoms with Crippen LogP contribution in [0.5, 0.6) is 0 Å². The van der Waals surface area contributed by atoms with Crippen LogP contribution in [0.25, 0.3) is 0 Å². The Morgan fingerprint density at radius 1 is 1.47 bits per heavy atom. The number of carbonyl (C=O) groups excluding carboxylic acids is 1. The van der Waals surface area contributed by atoms with Gasteiger partial charge >= 0.3 is 0 Å². The van der Waals surface area contributed by atoms with Crippen LogP contribution in [0.3, 0.4) is 0 Å². The first-order valence-corrected chi connectivity index (χ1v) is 8.11. The van der Waals surface area contributed by atoms with E-state index in [9.17, 15) is 4.79 Å². The van der Waals surface area contributed by atoms with E-state index in [4.69, 9.17) is 10.5 Å². The van der Waals surface area contributed by atoms with Crippen LogP contribution in [0.1, 0.15) is 25.7 Å². The average Bonchev–Trinajstić information content (AvgIpc) is 2.42. The first-order valence-electron chi connectivity index (χ1n) is 6.72. The standard InChI is InChI=1S/C13H26N2O2S.ClH/c1-15(13(16)12(14)6-10-18-2)7-3-11-4-8-17-9-5-11;/h11-12H,3-10,14H2,1-2H3;1H/t12-;/m0./s1. The molecule has 1 amide bonds. The molecule has 1 rings (SSSR count). The van der Waals surface area contributed by atoms with Crippen molar-refractivity contribution in [3.63, 3.8) is 0 Å². The summed E-state index contributed by atoms with van der Waals surface area (Å²) in [5.41, 5.74) is 5.89. The highest BCUT2D eigenvalue weighted by atomic mass is 35.5. The Hall–Kier alpha value is 0.0300.